The third kappa shape index (κ3) is 4.69. The summed E-state index contributed by atoms with van der Waals surface area (Å²) in [6, 6.07) is 62.5. The highest BCUT2D eigenvalue weighted by atomic mass is 15.1. The van der Waals surface area contributed by atoms with Crippen LogP contribution < -0.4 is 4.90 Å². The molecule has 0 spiro atoms. The fourth-order valence-electron chi connectivity index (χ4n) is 8.11. The summed E-state index contributed by atoms with van der Waals surface area (Å²) in [4.78, 5) is 2.49. The van der Waals surface area contributed by atoms with Crippen LogP contribution in [0.4, 0.5) is 17.1 Å². The summed E-state index contributed by atoms with van der Waals surface area (Å²) in [5.41, 5.74) is 15.0. The quantitative estimate of drug-likeness (QED) is 0.183. The zero-order chi connectivity index (χ0) is 33.1. The predicted molar refractivity (Wildman–Crippen MR) is 209 cm³/mol. The fraction of sp³-hybridized carbons (Fsp3) is 0.0833. The standard InChI is InChI=1S/C48H37N/c1-32-14-12-18-37(30-32)49(47-40-21-7-5-16-35(40)31-45-46(47)43-23-10-11-25-44(43)48(45,2)3)36-28-26-34(27-29-36)39-20-8-9-22-41(39)42-24-13-17-33-15-4-6-19-38(33)42/h4-31H,1-3H3. The largest absolute Gasteiger partial charge is 0.309 e. The lowest BCUT2D eigenvalue weighted by Crippen LogP contribution is -2.16. The maximum absolute atomic E-state index is 2.49. The number of fused-ring (bicyclic) bond motifs is 5. The van der Waals surface area contributed by atoms with Gasteiger partial charge in [0.1, 0.15) is 0 Å². The van der Waals surface area contributed by atoms with Gasteiger partial charge in [-0.15, -0.1) is 0 Å². The summed E-state index contributed by atoms with van der Waals surface area (Å²) in [5, 5.41) is 5.04. The Labute approximate surface area is 288 Å². The van der Waals surface area contributed by atoms with Gasteiger partial charge in [-0.3, -0.25) is 0 Å². The van der Waals surface area contributed by atoms with Crippen LogP contribution in [0.3, 0.4) is 0 Å². The van der Waals surface area contributed by atoms with E-state index in [4.69, 9.17) is 0 Å². The van der Waals surface area contributed by atoms with Crippen molar-refractivity contribution in [1.29, 1.82) is 0 Å². The van der Waals surface area contributed by atoms with Gasteiger partial charge in [-0.2, -0.15) is 0 Å². The molecule has 0 fully saturated rings. The third-order valence-corrected chi connectivity index (χ3v) is 10.5. The van der Waals surface area contributed by atoms with Crippen molar-refractivity contribution in [2.45, 2.75) is 26.2 Å². The van der Waals surface area contributed by atoms with E-state index >= 15 is 0 Å². The lowest BCUT2D eigenvalue weighted by Gasteiger charge is -2.31. The summed E-state index contributed by atoms with van der Waals surface area (Å²) in [5.74, 6) is 0. The summed E-state index contributed by atoms with van der Waals surface area (Å²) < 4.78 is 0. The molecule has 0 bridgehead atoms. The van der Waals surface area contributed by atoms with Crippen molar-refractivity contribution in [3.8, 4) is 33.4 Å². The van der Waals surface area contributed by atoms with Crippen molar-refractivity contribution < 1.29 is 0 Å². The van der Waals surface area contributed by atoms with Crippen molar-refractivity contribution in [2.24, 2.45) is 0 Å². The molecule has 0 amide bonds. The Kier molecular flexibility index (Phi) is 6.78. The number of benzene rings is 8. The molecule has 0 unspecified atom stereocenters. The highest BCUT2D eigenvalue weighted by Gasteiger charge is 2.39. The van der Waals surface area contributed by atoms with Gasteiger partial charge in [0.25, 0.3) is 0 Å². The Morgan fingerprint density at radius 1 is 0.429 bits per heavy atom. The highest BCUT2D eigenvalue weighted by molar-refractivity contribution is 6.10. The Morgan fingerprint density at radius 3 is 1.84 bits per heavy atom. The lowest BCUT2D eigenvalue weighted by molar-refractivity contribution is 0.661. The van der Waals surface area contributed by atoms with Gasteiger partial charge in [0.05, 0.1) is 5.69 Å². The minimum absolute atomic E-state index is 0.113. The number of nitrogens with zero attached hydrogens (tertiary/aromatic N) is 1. The van der Waals surface area contributed by atoms with E-state index in [1.807, 2.05) is 0 Å². The number of rotatable bonds is 5. The van der Waals surface area contributed by atoms with E-state index in [2.05, 4.69) is 196 Å². The Balaban J connectivity index is 1.26. The van der Waals surface area contributed by atoms with Crippen LogP contribution in [0, 0.1) is 6.92 Å². The van der Waals surface area contributed by atoms with E-state index in [1.54, 1.807) is 0 Å². The molecular weight excluding hydrogens is 591 g/mol. The molecule has 9 rings (SSSR count). The monoisotopic (exact) mass is 627 g/mol. The van der Waals surface area contributed by atoms with Crippen LogP contribution in [-0.2, 0) is 5.41 Å². The Hall–Kier alpha value is -5.92. The second-order valence-electron chi connectivity index (χ2n) is 13.8. The van der Waals surface area contributed by atoms with Crippen molar-refractivity contribution in [3.05, 3.63) is 187 Å². The van der Waals surface area contributed by atoms with Gasteiger partial charge in [-0.1, -0.05) is 153 Å². The SMILES string of the molecule is Cc1cccc(N(c2ccc(-c3ccccc3-c3cccc4ccccc34)cc2)c2c3c(cc4ccccc24)C(C)(C)c2ccccc2-3)c1. The van der Waals surface area contributed by atoms with Crippen molar-refractivity contribution in [1.82, 2.24) is 0 Å². The van der Waals surface area contributed by atoms with Crippen molar-refractivity contribution >= 4 is 38.6 Å². The molecule has 0 aliphatic heterocycles. The summed E-state index contributed by atoms with van der Waals surface area (Å²) >= 11 is 0. The van der Waals surface area contributed by atoms with Crippen LogP contribution >= 0.6 is 0 Å². The molecule has 0 saturated carbocycles. The molecule has 0 heterocycles. The molecule has 8 aromatic rings. The zero-order valence-electron chi connectivity index (χ0n) is 28.1. The van der Waals surface area contributed by atoms with E-state index in [-0.39, 0.29) is 5.41 Å². The molecule has 0 N–H and O–H groups in total. The van der Waals surface area contributed by atoms with Crippen molar-refractivity contribution in [3.63, 3.8) is 0 Å². The number of hydrogen-bond acceptors (Lipinski definition) is 1. The van der Waals surface area contributed by atoms with Crippen LogP contribution in [-0.4, -0.2) is 0 Å². The normalized spacial score (nSPS) is 13.0. The van der Waals surface area contributed by atoms with E-state index < -0.39 is 0 Å². The highest BCUT2D eigenvalue weighted by Crippen LogP contribution is 2.56. The van der Waals surface area contributed by atoms with E-state index in [0.29, 0.717) is 0 Å². The van der Waals surface area contributed by atoms with Gasteiger partial charge >= 0.3 is 0 Å². The first-order chi connectivity index (χ1) is 24.0. The van der Waals surface area contributed by atoms with Crippen LogP contribution in [0.1, 0.15) is 30.5 Å². The molecule has 0 atom stereocenters. The van der Waals surface area contributed by atoms with Gasteiger partial charge in [0, 0.05) is 27.7 Å². The average molecular weight is 628 g/mol. The summed E-state index contributed by atoms with van der Waals surface area (Å²) in [6.45, 7) is 6.92. The van der Waals surface area contributed by atoms with Gasteiger partial charge in [-0.05, 0) is 97.9 Å². The van der Waals surface area contributed by atoms with E-state index in [9.17, 15) is 0 Å². The molecule has 1 nitrogen and oxygen atoms in total. The average Bonchev–Trinajstić information content (AvgIpc) is 3.37. The van der Waals surface area contributed by atoms with Crippen molar-refractivity contribution in [2.75, 3.05) is 4.90 Å². The molecular formula is C48H37N. The number of hydrogen-bond donors (Lipinski definition) is 0. The molecule has 1 aliphatic rings. The molecule has 1 heteroatoms. The maximum Gasteiger partial charge on any atom is 0.0621 e. The summed E-state index contributed by atoms with van der Waals surface area (Å²) in [7, 11) is 0. The third-order valence-electron chi connectivity index (χ3n) is 10.5. The molecule has 234 valence electrons. The van der Waals surface area contributed by atoms with E-state index in [0.717, 1.165) is 11.4 Å². The first kappa shape index (κ1) is 29.2. The molecule has 49 heavy (non-hydrogen) atoms. The van der Waals surface area contributed by atoms with Crippen LogP contribution in [0.2, 0.25) is 0 Å². The lowest BCUT2D eigenvalue weighted by atomic mass is 9.81. The minimum Gasteiger partial charge on any atom is -0.309 e. The molecule has 0 aromatic heterocycles. The van der Waals surface area contributed by atoms with Gasteiger partial charge in [-0.25, -0.2) is 0 Å². The second kappa shape index (κ2) is 11.4. The van der Waals surface area contributed by atoms with Gasteiger partial charge in [0.15, 0.2) is 0 Å². The smallest absolute Gasteiger partial charge is 0.0621 e. The first-order valence-corrected chi connectivity index (χ1v) is 17.2. The molecule has 8 aromatic carbocycles. The van der Waals surface area contributed by atoms with Crippen LogP contribution in [0.15, 0.2) is 170 Å². The second-order valence-corrected chi connectivity index (χ2v) is 13.8. The fourth-order valence-corrected chi connectivity index (χ4v) is 8.11. The molecule has 0 radical (unpaired) electrons. The van der Waals surface area contributed by atoms with Gasteiger partial charge < -0.3 is 4.90 Å². The van der Waals surface area contributed by atoms with Crippen LogP contribution in [0.25, 0.3) is 54.9 Å². The van der Waals surface area contributed by atoms with Crippen LogP contribution in [0.5, 0.6) is 0 Å². The number of aryl methyl sites for hydroxylation is 1. The minimum atomic E-state index is -0.113. The molecule has 0 saturated heterocycles. The number of anilines is 3. The maximum atomic E-state index is 2.49. The predicted octanol–water partition coefficient (Wildman–Crippen LogP) is 13.4. The van der Waals surface area contributed by atoms with Gasteiger partial charge in [0.2, 0.25) is 0 Å². The topological polar surface area (TPSA) is 3.24 Å². The zero-order valence-corrected chi connectivity index (χ0v) is 28.1. The molecule has 1 aliphatic carbocycles. The Morgan fingerprint density at radius 2 is 1.04 bits per heavy atom. The first-order valence-electron chi connectivity index (χ1n) is 17.2. The Bertz CT molecular complexity index is 2530. The summed E-state index contributed by atoms with van der Waals surface area (Å²) in [6.07, 6.45) is 0. The van der Waals surface area contributed by atoms with E-state index in [1.165, 1.54) is 77.3 Å².